The van der Waals surface area contributed by atoms with Crippen LogP contribution in [0.5, 0.6) is 0 Å². The van der Waals surface area contributed by atoms with E-state index in [1.807, 2.05) is 0 Å². The van der Waals surface area contributed by atoms with Gasteiger partial charge in [-0.15, -0.1) is 0 Å². The molecule has 0 saturated carbocycles. The molecule has 0 aromatic heterocycles. The van der Waals surface area contributed by atoms with E-state index in [2.05, 4.69) is 19.1 Å². The van der Waals surface area contributed by atoms with Crippen LogP contribution in [0.4, 0.5) is 0 Å². The molecule has 0 aliphatic carbocycles. The summed E-state index contributed by atoms with van der Waals surface area (Å²) in [4.78, 5) is 23.2. The van der Waals surface area contributed by atoms with E-state index in [4.69, 9.17) is 9.84 Å². The predicted molar refractivity (Wildman–Crippen MR) is 123 cm³/mol. The summed E-state index contributed by atoms with van der Waals surface area (Å²) in [5.74, 6) is -1.67. The lowest BCUT2D eigenvalue weighted by molar-refractivity contribution is 0.0487. The zero-order valence-electron chi connectivity index (χ0n) is 18.7. The number of benzene rings is 1. The molecule has 1 rings (SSSR count). The quantitative estimate of drug-likeness (QED) is 0.152. The highest BCUT2D eigenvalue weighted by Crippen LogP contribution is 2.12. The van der Waals surface area contributed by atoms with Crippen LogP contribution < -0.4 is 0 Å². The second-order valence-corrected chi connectivity index (χ2v) is 7.92. The van der Waals surface area contributed by atoms with Crippen LogP contribution in [-0.2, 0) is 4.74 Å². The summed E-state index contributed by atoms with van der Waals surface area (Å²) in [5, 5.41) is 9.12. The molecular formula is C26H40O4. The number of hydrogen-bond acceptors (Lipinski definition) is 3. The van der Waals surface area contributed by atoms with Crippen molar-refractivity contribution in [2.75, 3.05) is 6.61 Å². The Morgan fingerprint density at radius 3 is 1.83 bits per heavy atom. The van der Waals surface area contributed by atoms with E-state index >= 15 is 0 Å². The lowest BCUT2D eigenvalue weighted by atomic mass is 10.1. The van der Waals surface area contributed by atoms with Gasteiger partial charge in [0.05, 0.1) is 17.7 Å². The van der Waals surface area contributed by atoms with Crippen LogP contribution in [-0.4, -0.2) is 23.7 Å². The van der Waals surface area contributed by atoms with Crippen LogP contribution in [0.25, 0.3) is 0 Å². The van der Waals surface area contributed by atoms with Crippen molar-refractivity contribution in [3.63, 3.8) is 0 Å². The molecule has 4 nitrogen and oxygen atoms in total. The molecular weight excluding hydrogens is 376 g/mol. The Morgan fingerprint density at radius 2 is 1.27 bits per heavy atom. The number of esters is 1. The third-order valence-corrected chi connectivity index (χ3v) is 5.27. The van der Waals surface area contributed by atoms with Crippen LogP contribution >= 0.6 is 0 Å². The highest BCUT2D eigenvalue weighted by atomic mass is 16.5. The Labute approximate surface area is 182 Å². The molecule has 0 radical (unpaired) electrons. The number of rotatable bonds is 18. The lowest BCUT2D eigenvalue weighted by Crippen LogP contribution is -2.12. The smallest absolute Gasteiger partial charge is 0.339 e. The molecule has 0 unspecified atom stereocenters. The van der Waals surface area contributed by atoms with Gasteiger partial charge in [0, 0.05) is 0 Å². The summed E-state index contributed by atoms with van der Waals surface area (Å²) >= 11 is 0. The van der Waals surface area contributed by atoms with Crippen LogP contribution in [0.15, 0.2) is 36.4 Å². The van der Waals surface area contributed by atoms with Crippen molar-refractivity contribution in [2.24, 2.45) is 0 Å². The second-order valence-electron chi connectivity index (χ2n) is 7.92. The lowest BCUT2D eigenvalue weighted by Gasteiger charge is -2.07. The van der Waals surface area contributed by atoms with Crippen molar-refractivity contribution >= 4 is 11.9 Å². The van der Waals surface area contributed by atoms with E-state index < -0.39 is 11.9 Å². The maximum Gasteiger partial charge on any atom is 0.339 e. The molecule has 0 atom stereocenters. The third kappa shape index (κ3) is 12.5. The molecule has 1 aromatic carbocycles. The fourth-order valence-corrected chi connectivity index (χ4v) is 3.44. The van der Waals surface area contributed by atoms with Gasteiger partial charge in [0.1, 0.15) is 0 Å². The minimum atomic E-state index is -1.11. The Kier molecular flexibility index (Phi) is 15.3. The fourth-order valence-electron chi connectivity index (χ4n) is 3.44. The van der Waals surface area contributed by atoms with E-state index in [0.29, 0.717) is 6.61 Å². The van der Waals surface area contributed by atoms with Gasteiger partial charge in [-0.2, -0.15) is 0 Å². The first kappa shape index (κ1) is 25.9. The number of carboxylic acid groups (broad SMARTS) is 1. The molecule has 0 fully saturated rings. The van der Waals surface area contributed by atoms with Gasteiger partial charge < -0.3 is 9.84 Å². The first-order valence-electron chi connectivity index (χ1n) is 11.8. The monoisotopic (exact) mass is 416 g/mol. The van der Waals surface area contributed by atoms with Gasteiger partial charge >= 0.3 is 11.9 Å². The van der Waals surface area contributed by atoms with Crippen LogP contribution in [0.3, 0.4) is 0 Å². The fraction of sp³-hybridized carbons (Fsp3) is 0.615. The van der Waals surface area contributed by atoms with E-state index in [9.17, 15) is 9.59 Å². The summed E-state index contributed by atoms with van der Waals surface area (Å²) < 4.78 is 5.23. The number of hydrogen-bond donors (Lipinski definition) is 1. The summed E-state index contributed by atoms with van der Waals surface area (Å²) in [7, 11) is 0. The van der Waals surface area contributed by atoms with Gasteiger partial charge in [0.2, 0.25) is 0 Å². The molecule has 0 bridgehead atoms. The van der Waals surface area contributed by atoms with Gasteiger partial charge in [-0.05, 0) is 44.2 Å². The number of allylic oxidation sites excluding steroid dienone is 2. The van der Waals surface area contributed by atoms with Crippen molar-refractivity contribution in [2.45, 2.75) is 96.8 Å². The molecule has 0 spiro atoms. The number of carbonyl (C=O) groups excluding carboxylic acids is 1. The van der Waals surface area contributed by atoms with Crippen LogP contribution in [0.2, 0.25) is 0 Å². The van der Waals surface area contributed by atoms with Gasteiger partial charge in [0.25, 0.3) is 0 Å². The first-order valence-corrected chi connectivity index (χ1v) is 11.8. The van der Waals surface area contributed by atoms with E-state index in [1.165, 1.54) is 82.8 Å². The Bertz CT molecular complexity index is 621. The van der Waals surface area contributed by atoms with Crippen molar-refractivity contribution in [1.29, 1.82) is 0 Å². The maximum absolute atomic E-state index is 12.0. The molecule has 0 aliphatic heterocycles. The summed E-state index contributed by atoms with van der Waals surface area (Å²) in [5.41, 5.74) is 0.109. The minimum absolute atomic E-state index is 0.0106. The number of ether oxygens (including phenoxy) is 1. The largest absolute Gasteiger partial charge is 0.478 e. The molecule has 168 valence electrons. The zero-order chi connectivity index (χ0) is 21.9. The van der Waals surface area contributed by atoms with E-state index in [-0.39, 0.29) is 11.1 Å². The molecule has 1 N–H and O–H groups in total. The first-order chi connectivity index (χ1) is 14.7. The SMILES string of the molecule is CCCCCCCCC=CCCCCCCCCOC(=O)c1ccccc1C(=O)O. The van der Waals surface area contributed by atoms with Crippen molar-refractivity contribution in [3.8, 4) is 0 Å². The van der Waals surface area contributed by atoms with Gasteiger partial charge in [-0.3, -0.25) is 0 Å². The summed E-state index contributed by atoms with van der Waals surface area (Å²) in [6, 6.07) is 6.16. The minimum Gasteiger partial charge on any atom is -0.478 e. The third-order valence-electron chi connectivity index (χ3n) is 5.27. The zero-order valence-corrected chi connectivity index (χ0v) is 18.7. The molecule has 30 heavy (non-hydrogen) atoms. The number of unbranched alkanes of at least 4 members (excludes halogenated alkanes) is 12. The molecule has 4 heteroatoms. The van der Waals surface area contributed by atoms with Gasteiger partial charge in [0.15, 0.2) is 0 Å². The van der Waals surface area contributed by atoms with E-state index in [0.717, 1.165) is 19.3 Å². The molecule has 0 amide bonds. The maximum atomic E-state index is 12.0. The standard InChI is InChI=1S/C26H40O4/c1-2-3-4-5-6-7-8-9-10-11-12-13-14-15-16-19-22-30-26(29)24-21-18-17-20-23(24)25(27)28/h9-10,17-18,20-21H,2-8,11-16,19,22H2,1H3,(H,27,28). The van der Waals surface area contributed by atoms with Crippen molar-refractivity contribution in [1.82, 2.24) is 0 Å². The summed E-state index contributed by atoms with van der Waals surface area (Å²) in [6.45, 7) is 2.60. The molecule has 1 aromatic rings. The number of aromatic carboxylic acids is 1. The Balaban J connectivity index is 1.94. The Hall–Kier alpha value is -2.10. The van der Waals surface area contributed by atoms with Gasteiger partial charge in [-0.25, -0.2) is 9.59 Å². The van der Waals surface area contributed by atoms with Gasteiger partial charge in [-0.1, -0.05) is 89.0 Å². The van der Waals surface area contributed by atoms with E-state index in [1.54, 1.807) is 12.1 Å². The normalized spacial score (nSPS) is 11.1. The van der Waals surface area contributed by atoms with Crippen LogP contribution in [0, 0.1) is 0 Å². The Morgan fingerprint density at radius 1 is 0.767 bits per heavy atom. The average molecular weight is 417 g/mol. The number of carbonyl (C=O) groups is 2. The second kappa shape index (κ2) is 17.7. The molecule has 0 aliphatic rings. The van der Waals surface area contributed by atoms with Crippen LogP contribution in [0.1, 0.15) is 118 Å². The van der Waals surface area contributed by atoms with Crippen molar-refractivity contribution < 1.29 is 19.4 Å². The number of carboxylic acids is 1. The highest BCUT2D eigenvalue weighted by molar-refractivity contribution is 6.02. The molecule has 0 heterocycles. The summed E-state index contributed by atoms with van der Waals surface area (Å²) in [6.07, 6.45) is 21.9. The average Bonchev–Trinajstić information content (AvgIpc) is 2.75. The highest BCUT2D eigenvalue weighted by Gasteiger charge is 2.16. The van der Waals surface area contributed by atoms with Crippen molar-refractivity contribution in [3.05, 3.63) is 47.5 Å². The predicted octanol–water partition coefficient (Wildman–Crippen LogP) is 7.58. The topological polar surface area (TPSA) is 63.6 Å². The molecule has 0 saturated heterocycles.